The molecule has 2 rings (SSSR count). The van der Waals surface area contributed by atoms with Gasteiger partial charge in [0.15, 0.2) is 11.6 Å². The lowest BCUT2D eigenvalue weighted by atomic mass is 10.0. The van der Waals surface area contributed by atoms with Crippen LogP contribution in [0.5, 0.6) is 5.75 Å². The van der Waals surface area contributed by atoms with Crippen molar-refractivity contribution in [2.45, 2.75) is 12.5 Å². The first-order valence-electron chi connectivity index (χ1n) is 5.96. The highest BCUT2D eigenvalue weighted by Gasteiger charge is 2.12. The summed E-state index contributed by atoms with van der Waals surface area (Å²) in [7, 11) is 1.38. The lowest BCUT2D eigenvalue weighted by Gasteiger charge is -2.12. The second-order valence-corrected chi connectivity index (χ2v) is 4.77. The van der Waals surface area contributed by atoms with E-state index < -0.39 is 17.7 Å². The SMILES string of the molecule is COc1ccc(CC(O)c2ccc(Cl)c(F)c2)cc1F. The van der Waals surface area contributed by atoms with Crippen LogP contribution >= 0.6 is 11.6 Å². The van der Waals surface area contributed by atoms with E-state index in [1.54, 1.807) is 6.07 Å². The van der Waals surface area contributed by atoms with Crippen molar-refractivity contribution >= 4 is 11.6 Å². The van der Waals surface area contributed by atoms with Gasteiger partial charge in [0.25, 0.3) is 0 Å². The smallest absolute Gasteiger partial charge is 0.165 e. The molecule has 0 aliphatic rings. The minimum absolute atomic E-state index is 0.00329. The molecule has 2 aromatic carbocycles. The standard InChI is InChI=1S/C15H13ClF2O2/c1-20-15-5-2-9(6-13(15)18)7-14(19)10-3-4-11(16)12(17)8-10/h2-6,8,14,19H,7H2,1H3. The van der Waals surface area contributed by atoms with Crippen LogP contribution in [0.25, 0.3) is 0 Å². The normalized spacial score (nSPS) is 12.2. The predicted molar refractivity (Wildman–Crippen MR) is 73.0 cm³/mol. The highest BCUT2D eigenvalue weighted by atomic mass is 35.5. The van der Waals surface area contributed by atoms with Gasteiger partial charge in [-0.25, -0.2) is 8.78 Å². The van der Waals surface area contributed by atoms with Gasteiger partial charge in [-0.05, 0) is 35.4 Å². The van der Waals surface area contributed by atoms with E-state index in [0.29, 0.717) is 11.1 Å². The number of hydrogen-bond donors (Lipinski definition) is 1. The van der Waals surface area contributed by atoms with Crippen LogP contribution < -0.4 is 4.74 Å². The Morgan fingerprint density at radius 1 is 1.15 bits per heavy atom. The van der Waals surface area contributed by atoms with E-state index in [-0.39, 0.29) is 17.2 Å². The fraction of sp³-hybridized carbons (Fsp3) is 0.200. The lowest BCUT2D eigenvalue weighted by Crippen LogP contribution is -2.03. The number of benzene rings is 2. The molecule has 2 aromatic rings. The summed E-state index contributed by atoms with van der Waals surface area (Å²) >= 11 is 5.58. The molecular weight excluding hydrogens is 286 g/mol. The molecule has 20 heavy (non-hydrogen) atoms. The number of hydrogen-bond acceptors (Lipinski definition) is 2. The number of methoxy groups -OCH3 is 1. The topological polar surface area (TPSA) is 29.5 Å². The summed E-state index contributed by atoms with van der Waals surface area (Å²) in [4.78, 5) is 0. The summed E-state index contributed by atoms with van der Waals surface area (Å²) in [5.41, 5.74) is 0.981. The van der Waals surface area contributed by atoms with E-state index in [1.807, 2.05) is 0 Å². The molecule has 5 heteroatoms. The largest absolute Gasteiger partial charge is 0.494 e. The van der Waals surface area contributed by atoms with Gasteiger partial charge in [0.05, 0.1) is 18.2 Å². The third-order valence-corrected chi connectivity index (χ3v) is 3.28. The monoisotopic (exact) mass is 298 g/mol. The number of rotatable bonds is 4. The quantitative estimate of drug-likeness (QED) is 0.927. The second kappa shape index (κ2) is 6.20. The van der Waals surface area contributed by atoms with Crippen molar-refractivity contribution in [3.05, 3.63) is 64.2 Å². The molecular formula is C15H13ClF2O2. The summed E-state index contributed by atoms with van der Waals surface area (Å²) in [5, 5.41) is 10.0. The number of halogens is 3. The van der Waals surface area contributed by atoms with Crippen molar-refractivity contribution in [1.29, 1.82) is 0 Å². The van der Waals surface area contributed by atoms with E-state index in [1.165, 1.54) is 37.4 Å². The summed E-state index contributed by atoms with van der Waals surface area (Å²) in [6.45, 7) is 0. The Labute approximate surface area is 120 Å². The molecule has 0 radical (unpaired) electrons. The molecule has 0 bridgehead atoms. The highest BCUT2D eigenvalue weighted by molar-refractivity contribution is 6.30. The zero-order chi connectivity index (χ0) is 14.7. The van der Waals surface area contributed by atoms with Crippen LogP contribution in [-0.2, 0) is 6.42 Å². The first-order chi connectivity index (χ1) is 9.51. The molecule has 0 saturated heterocycles. The van der Waals surface area contributed by atoms with Gasteiger partial charge in [-0.2, -0.15) is 0 Å². The molecule has 2 nitrogen and oxygen atoms in total. The van der Waals surface area contributed by atoms with Gasteiger partial charge in [-0.1, -0.05) is 23.7 Å². The van der Waals surface area contributed by atoms with Gasteiger partial charge in [0.2, 0.25) is 0 Å². The first-order valence-corrected chi connectivity index (χ1v) is 6.34. The van der Waals surface area contributed by atoms with Crippen molar-refractivity contribution in [2.75, 3.05) is 7.11 Å². The minimum Gasteiger partial charge on any atom is -0.494 e. The molecule has 0 heterocycles. The summed E-state index contributed by atoms with van der Waals surface area (Å²) in [5.74, 6) is -0.954. The van der Waals surface area contributed by atoms with Crippen LogP contribution in [0, 0.1) is 11.6 Å². The number of aliphatic hydroxyl groups is 1. The second-order valence-electron chi connectivity index (χ2n) is 4.36. The Morgan fingerprint density at radius 2 is 1.90 bits per heavy atom. The van der Waals surface area contributed by atoms with Crippen LogP contribution in [0.1, 0.15) is 17.2 Å². The van der Waals surface area contributed by atoms with Gasteiger partial charge in [-0.3, -0.25) is 0 Å². The lowest BCUT2D eigenvalue weighted by molar-refractivity contribution is 0.178. The van der Waals surface area contributed by atoms with Crippen LogP contribution in [0.3, 0.4) is 0 Å². The molecule has 1 atom stereocenters. The Kier molecular flexibility index (Phi) is 4.57. The first kappa shape index (κ1) is 14.8. The number of ether oxygens (including phenoxy) is 1. The van der Waals surface area contributed by atoms with Crippen molar-refractivity contribution < 1.29 is 18.6 Å². The molecule has 0 aliphatic carbocycles. The van der Waals surface area contributed by atoms with Crippen LogP contribution in [-0.4, -0.2) is 12.2 Å². The average molecular weight is 299 g/mol. The van der Waals surface area contributed by atoms with Gasteiger partial charge in [0.1, 0.15) is 5.82 Å². The Bertz CT molecular complexity index is 617. The minimum atomic E-state index is -0.936. The molecule has 0 spiro atoms. The van der Waals surface area contributed by atoms with Crippen LogP contribution in [0.15, 0.2) is 36.4 Å². The molecule has 106 valence electrons. The Morgan fingerprint density at radius 3 is 2.50 bits per heavy atom. The maximum absolute atomic E-state index is 13.5. The van der Waals surface area contributed by atoms with Crippen molar-refractivity contribution in [3.8, 4) is 5.75 Å². The molecule has 0 aromatic heterocycles. The van der Waals surface area contributed by atoms with E-state index in [0.717, 1.165) is 0 Å². The van der Waals surface area contributed by atoms with E-state index in [9.17, 15) is 13.9 Å². The molecule has 1 unspecified atom stereocenters. The molecule has 0 fully saturated rings. The Balaban J connectivity index is 2.16. The summed E-state index contributed by atoms with van der Waals surface area (Å²) in [6.07, 6.45) is -0.767. The molecule has 0 saturated carbocycles. The third kappa shape index (κ3) is 3.26. The molecule has 0 amide bonds. The maximum atomic E-state index is 13.5. The van der Waals surface area contributed by atoms with Gasteiger partial charge >= 0.3 is 0 Å². The third-order valence-electron chi connectivity index (χ3n) is 2.97. The Hall–Kier alpha value is -1.65. The van der Waals surface area contributed by atoms with Gasteiger partial charge in [-0.15, -0.1) is 0 Å². The van der Waals surface area contributed by atoms with Crippen LogP contribution in [0.2, 0.25) is 5.02 Å². The van der Waals surface area contributed by atoms with Crippen molar-refractivity contribution in [1.82, 2.24) is 0 Å². The fourth-order valence-corrected chi connectivity index (χ4v) is 2.02. The molecule has 0 aliphatic heterocycles. The summed E-state index contributed by atoms with van der Waals surface area (Å²) < 4.78 is 31.7. The summed E-state index contributed by atoms with van der Waals surface area (Å²) in [6, 6.07) is 8.51. The van der Waals surface area contributed by atoms with Crippen molar-refractivity contribution in [2.24, 2.45) is 0 Å². The van der Waals surface area contributed by atoms with E-state index in [2.05, 4.69) is 0 Å². The zero-order valence-electron chi connectivity index (χ0n) is 10.7. The highest BCUT2D eigenvalue weighted by Crippen LogP contribution is 2.25. The average Bonchev–Trinajstić information content (AvgIpc) is 2.42. The number of aliphatic hydroxyl groups excluding tert-OH is 1. The van der Waals surface area contributed by atoms with E-state index in [4.69, 9.17) is 16.3 Å². The predicted octanol–water partition coefficient (Wildman–Crippen LogP) is 3.90. The van der Waals surface area contributed by atoms with Crippen molar-refractivity contribution in [3.63, 3.8) is 0 Å². The van der Waals surface area contributed by atoms with E-state index >= 15 is 0 Å². The van der Waals surface area contributed by atoms with Gasteiger partial charge in [0, 0.05) is 6.42 Å². The molecule has 1 N–H and O–H groups in total. The van der Waals surface area contributed by atoms with Crippen LogP contribution in [0.4, 0.5) is 8.78 Å². The fourth-order valence-electron chi connectivity index (χ4n) is 1.90. The zero-order valence-corrected chi connectivity index (χ0v) is 11.5. The maximum Gasteiger partial charge on any atom is 0.165 e. The van der Waals surface area contributed by atoms with Gasteiger partial charge < -0.3 is 9.84 Å².